The predicted molar refractivity (Wildman–Crippen MR) is 83.5 cm³/mol. The fraction of sp³-hybridized carbons (Fsp3) is 1.00. The molecule has 1 saturated heterocycles. The standard InChI is InChI=1S/C17H34N2/c1-13(2)17(6)7-9-19(10-8-17)15-11-14(12-15)18-16(3,4)5/h13-15,18H,7-12H2,1-6H3. The minimum Gasteiger partial charge on any atom is -0.309 e. The first-order valence-corrected chi connectivity index (χ1v) is 8.21. The van der Waals surface area contributed by atoms with Gasteiger partial charge < -0.3 is 10.2 Å². The van der Waals surface area contributed by atoms with Crippen molar-refractivity contribution in [2.45, 2.75) is 84.8 Å². The summed E-state index contributed by atoms with van der Waals surface area (Å²) in [4.78, 5) is 2.75. The van der Waals surface area contributed by atoms with E-state index in [1.807, 2.05) is 0 Å². The summed E-state index contributed by atoms with van der Waals surface area (Å²) in [7, 11) is 0. The van der Waals surface area contributed by atoms with Gasteiger partial charge in [-0.15, -0.1) is 0 Å². The maximum atomic E-state index is 3.73. The molecule has 19 heavy (non-hydrogen) atoms. The van der Waals surface area contributed by atoms with Gasteiger partial charge in [-0.1, -0.05) is 20.8 Å². The second kappa shape index (κ2) is 5.37. The monoisotopic (exact) mass is 266 g/mol. The van der Waals surface area contributed by atoms with E-state index in [1.54, 1.807) is 0 Å². The van der Waals surface area contributed by atoms with Crippen LogP contribution < -0.4 is 5.32 Å². The molecule has 1 aliphatic heterocycles. The van der Waals surface area contributed by atoms with Crippen LogP contribution >= 0.6 is 0 Å². The average molecular weight is 266 g/mol. The molecule has 0 atom stereocenters. The van der Waals surface area contributed by atoms with E-state index < -0.39 is 0 Å². The number of piperidine rings is 1. The molecular weight excluding hydrogens is 232 g/mol. The summed E-state index contributed by atoms with van der Waals surface area (Å²) in [5.74, 6) is 0.825. The lowest BCUT2D eigenvalue weighted by Crippen LogP contribution is -2.58. The first kappa shape index (κ1) is 15.3. The highest BCUT2D eigenvalue weighted by molar-refractivity contribution is 4.97. The van der Waals surface area contributed by atoms with E-state index in [1.165, 1.54) is 38.8 Å². The van der Waals surface area contributed by atoms with Crippen molar-refractivity contribution >= 4 is 0 Å². The molecule has 2 rings (SSSR count). The van der Waals surface area contributed by atoms with Crippen LogP contribution in [-0.4, -0.2) is 35.6 Å². The summed E-state index contributed by atoms with van der Waals surface area (Å²) >= 11 is 0. The molecule has 112 valence electrons. The second-order valence-electron chi connectivity index (χ2n) is 8.56. The highest BCUT2D eigenvalue weighted by Gasteiger charge is 2.39. The molecule has 2 aliphatic rings. The van der Waals surface area contributed by atoms with Crippen LogP contribution in [0.5, 0.6) is 0 Å². The van der Waals surface area contributed by atoms with Gasteiger partial charge in [0.2, 0.25) is 0 Å². The average Bonchev–Trinajstić information content (AvgIpc) is 2.23. The lowest BCUT2D eigenvalue weighted by atomic mass is 9.71. The summed E-state index contributed by atoms with van der Waals surface area (Å²) in [5.41, 5.74) is 0.858. The van der Waals surface area contributed by atoms with Gasteiger partial charge in [-0.3, -0.25) is 0 Å². The molecule has 1 N–H and O–H groups in total. The Kier molecular flexibility index (Phi) is 4.32. The summed E-state index contributed by atoms with van der Waals surface area (Å²) in [6, 6.07) is 1.61. The van der Waals surface area contributed by atoms with Gasteiger partial charge >= 0.3 is 0 Å². The van der Waals surface area contributed by atoms with Crippen LogP contribution in [0.3, 0.4) is 0 Å². The van der Waals surface area contributed by atoms with Crippen LogP contribution in [0.1, 0.15) is 67.2 Å². The van der Waals surface area contributed by atoms with Gasteiger partial charge in [0.1, 0.15) is 0 Å². The summed E-state index contributed by atoms with van der Waals surface area (Å²) in [6.07, 6.45) is 5.49. The zero-order chi connectivity index (χ0) is 14.3. The number of hydrogen-bond donors (Lipinski definition) is 1. The van der Waals surface area contributed by atoms with Gasteiger partial charge in [0.05, 0.1) is 0 Å². The molecule has 1 heterocycles. The van der Waals surface area contributed by atoms with E-state index in [0.717, 1.165) is 18.0 Å². The Bertz CT molecular complexity index is 289. The van der Waals surface area contributed by atoms with Crippen molar-refractivity contribution < 1.29 is 0 Å². The van der Waals surface area contributed by atoms with Crippen LogP contribution in [0.2, 0.25) is 0 Å². The number of rotatable bonds is 3. The molecule has 0 amide bonds. The van der Waals surface area contributed by atoms with Crippen LogP contribution in [0.4, 0.5) is 0 Å². The van der Waals surface area contributed by atoms with E-state index in [9.17, 15) is 0 Å². The van der Waals surface area contributed by atoms with Gasteiger partial charge in [0.25, 0.3) is 0 Å². The van der Waals surface area contributed by atoms with Crippen LogP contribution in [0, 0.1) is 11.3 Å². The second-order valence-corrected chi connectivity index (χ2v) is 8.56. The van der Waals surface area contributed by atoms with Crippen LogP contribution in [0.25, 0.3) is 0 Å². The molecule has 0 bridgehead atoms. The summed E-state index contributed by atoms with van der Waals surface area (Å²) in [5, 5.41) is 3.73. The molecular formula is C17H34N2. The lowest BCUT2D eigenvalue weighted by Gasteiger charge is -2.50. The first-order valence-electron chi connectivity index (χ1n) is 8.21. The topological polar surface area (TPSA) is 15.3 Å². The van der Waals surface area contributed by atoms with Gasteiger partial charge in [0, 0.05) is 17.6 Å². The molecule has 2 heteroatoms. The molecule has 2 nitrogen and oxygen atoms in total. The number of nitrogens with one attached hydrogen (secondary N) is 1. The maximum Gasteiger partial charge on any atom is 0.0125 e. The quantitative estimate of drug-likeness (QED) is 0.838. The van der Waals surface area contributed by atoms with Crippen molar-refractivity contribution in [3.8, 4) is 0 Å². The van der Waals surface area contributed by atoms with Crippen molar-refractivity contribution in [2.24, 2.45) is 11.3 Å². The predicted octanol–water partition coefficient (Wildman–Crippen LogP) is 3.66. The molecule has 0 aromatic carbocycles. The molecule has 0 aromatic heterocycles. The van der Waals surface area contributed by atoms with Gasteiger partial charge in [-0.05, 0) is 70.9 Å². The number of likely N-dealkylation sites (tertiary alicyclic amines) is 1. The highest BCUT2D eigenvalue weighted by Crippen LogP contribution is 2.40. The zero-order valence-corrected chi connectivity index (χ0v) is 13.9. The van der Waals surface area contributed by atoms with Crippen molar-refractivity contribution in [1.82, 2.24) is 10.2 Å². The van der Waals surface area contributed by atoms with Crippen molar-refractivity contribution in [2.75, 3.05) is 13.1 Å². The summed E-state index contributed by atoms with van der Waals surface area (Å²) in [6.45, 7) is 16.7. The lowest BCUT2D eigenvalue weighted by molar-refractivity contribution is 0.0141. The third-order valence-electron chi connectivity index (χ3n) is 5.60. The van der Waals surface area contributed by atoms with E-state index >= 15 is 0 Å². The number of hydrogen-bond acceptors (Lipinski definition) is 2. The first-order chi connectivity index (χ1) is 8.70. The summed E-state index contributed by atoms with van der Waals surface area (Å²) < 4.78 is 0. The maximum absolute atomic E-state index is 3.73. The fourth-order valence-corrected chi connectivity index (χ4v) is 3.59. The molecule has 1 saturated carbocycles. The Morgan fingerprint density at radius 3 is 2.05 bits per heavy atom. The fourth-order valence-electron chi connectivity index (χ4n) is 3.59. The van der Waals surface area contributed by atoms with Crippen LogP contribution in [0.15, 0.2) is 0 Å². The molecule has 0 radical (unpaired) electrons. The Morgan fingerprint density at radius 1 is 1.11 bits per heavy atom. The smallest absolute Gasteiger partial charge is 0.0125 e. The van der Waals surface area contributed by atoms with Crippen molar-refractivity contribution in [1.29, 1.82) is 0 Å². The zero-order valence-electron chi connectivity index (χ0n) is 13.9. The molecule has 2 fully saturated rings. The van der Waals surface area contributed by atoms with E-state index in [0.29, 0.717) is 5.41 Å². The van der Waals surface area contributed by atoms with Crippen molar-refractivity contribution in [3.05, 3.63) is 0 Å². The normalized spacial score (nSPS) is 32.4. The Balaban J connectivity index is 1.73. The van der Waals surface area contributed by atoms with Gasteiger partial charge in [-0.2, -0.15) is 0 Å². The largest absolute Gasteiger partial charge is 0.309 e. The van der Waals surface area contributed by atoms with Gasteiger partial charge in [0.15, 0.2) is 0 Å². The van der Waals surface area contributed by atoms with E-state index in [2.05, 4.69) is 51.8 Å². The Labute approximate surface area is 120 Å². The molecule has 0 spiro atoms. The van der Waals surface area contributed by atoms with Gasteiger partial charge in [-0.25, -0.2) is 0 Å². The Hall–Kier alpha value is -0.0800. The third-order valence-corrected chi connectivity index (χ3v) is 5.60. The van der Waals surface area contributed by atoms with Crippen molar-refractivity contribution in [3.63, 3.8) is 0 Å². The minimum atomic E-state index is 0.272. The molecule has 0 aromatic rings. The number of nitrogens with zero attached hydrogens (tertiary/aromatic N) is 1. The van der Waals surface area contributed by atoms with E-state index in [4.69, 9.17) is 0 Å². The molecule has 0 unspecified atom stereocenters. The van der Waals surface area contributed by atoms with E-state index in [-0.39, 0.29) is 5.54 Å². The SMILES string of the molecule is CC(C)C1(C)CCN(C2CC(NC(C)(C)C)C2)CC1. The molecule has 1 aliphatic carbocycles. The Morgan fingerprint density at radius 2 is 1.63 bits per heavy atom. The third kappa shape index (κ3) is 3.72. The minimum absolute atomic E-state index is 0.272. The van der Waals surface area contributed by atoms with Crippen LogP contribution in [-0.2, 0) is 0 Å². The highest BCUT2D eigenvalue weighted by atomic mass is 15.2.